The highest BCUT2D eigenvalue weighted by Gasteiger charge is 2.37. The van der Waals surface area contributed by atoms with Gasteiger partial charge in [0.2, 0.25) is 0 Å². The molecule has 1 aliphatic rings. The van der Waals surface area contributed by atoms with Gasteiger partial charge in [-0.25, -0.2) is 22.3 Å². The molecule has 4 N–H and O–H groups in total. The monoisotopic (exact) mass is 495 g/mol. The van der Waals surface area contributed by atoms with Crippen LogP contribution < -0.4 is 15.4 Å². The number of nitrogens with one attached hydrogen (secondary N) is 3. The van der Waals surface area contributed by atoms with Gasteiger partial charge in [-0.2, -0.15) is 0 Å². The van der Waals surface area contributed by atoms with Crippen LogP contribution in [0.1, 0.15) is 21.8 Å². The molecular weight excluding hydrogens is 481 g/mol. The molecule has 0 radical (unpaired) electrons. The van der Waals surface area contributed by atoms with E-state index in [1.54, 1.807) is 29.0 Å². The number of anilines is 2. The SMILES string of the molecule is O=C(Nc1ccc(C2C(=O)c3ccccc3NC2O)c(F)c1)NS(=O)(=O)c1ccc(Cl)s1. The number of para-hydroxylation sites is 1. The normalized spacial score (nSPS) is 17.9. The Morgan fingerprint density at radius 2 is 1.91 bits per heavy atom. The Bertz CT molecular complexity index is 1330. The maximum atomic E-state index is 14.8. The lowest BCUT2D eigenvalue weighted by Gasteiger charge is -2.30. The number of fused-ring (bicyclic) bond motifs is 1. The molecule has 1 aliphatic heterocycles. The second-order valence-corrected chi connectivity index (χ2v) is 10.5. The summed E-state index contributed by atoms with van der Waals surface area (Å²) in [6, 6.07) is 11.6. The molecule has 8 nitrogen and oxygen atoms in total. The molecule has 1 aromatic heterocycles. The summed E-state index contributed by atoms with van der Waals surface area (Å²) in [5.74, 6) is -2.50. The lowest BCUT2D eigenvalue weighted by molar-refractivity contribution is 0.0831. The van der Waals surface area contributed by atoms with Crippen LogP contribution in [0.2, 0.25) is 4.34 Å². The minimum atomic E-state index is -4.14. The van der Waals surface area contributed by atoms with Gasteiger partial charge in [-0.05, 0) is 36.4 Å². The van der Waals surface area contributed by atoms with Gasteiger partial charge in [0, 0.05) is 22.5 Å². The second kappa shape index (κ2) is 8.51. The van der Waals surface area contributed by atoms with E-state index < -0.39 is 39.8 Å². The largest absolute Gasteiger partial charge is 0.373 e. The molecule has 0 fully saturated rings. The van der Waals surface area contributed by atoms with Crippen LogP contribution in [0.5, 0.6) is 0 Å². The molecule has 32 heavy (non-hydrogen) atoms. The Kier molecular flexibility index (Phi) is 5.91. The number of aliphatic hydroxyl groups excluding tert-OH is 1. The van der Waals surface area contributed by atoms with Crippen LogP contribution in [0.15, 0.2) is 58.8 Å². The van der Waals surface area contributed by atoms with Crippen LogP contribution in [0.25, 0.3) is 0 Å². The van der Waals surface area contributed by atoms with Gasteiger partial charge in [0.25, 0.3) is 10.0 Å². The van der Waals surface area contributed by atoms with Gasteiger partial charge >= 0.3 is 6.03 Å². The van der Waals surface area contributed by atoms with Crippen molar-refractivity contribution in [3.63, 3.8) is 0 Å². The molecule has 12 heteroatoms. The molecule has 0 spiro atoms. The molecule has 0 saturated carbocycles. The van der Waals surface area contributed by atoms with Gasteiger partial charge in [0.15, 0.2) is 5.78 Å². The molecule has 2 aromatic carbocycles. The number of thiophene rings is 1. The molecular formula is C20H15ClFN3O5S2. The zero-order valence-electron chi connectivity index (χ0n) is 16.0. The first kappa shape index (κ1) is 22.2. The fraction of sp³-hybridized carbons (Fsp3) is 0.100. The number of rotatable bonds is 4. The fourth-order valence-corrected chi connectivity index (χ4v) is 5.71. The summed E-state index contributed by atoms with van der Waals surface area (Å²) in [5.41, 5.74) is 0.651. The molecule has 3 aromatic rings. The zero-order valence-corrected chi connectivity index (χ0v) is 18.4. The zero-order chi connectivity index (χ0) is 23.0. The predicted molar refractivity (Wildman–Crippen MR) is 118 cm³/mol. The average molecular weight is 496 g/mol. The number of halogens is 2. The van der Waals surface area contributed by atoms with E-state index in [0.717, 1.165) is 17.4 Å². The van der Waals surface area contributed by atoms with Crippen LogP contribution in [0.4, 0.5) is 20.6 Å². The second-order valence-electron chi connectivity index (χ2n) is 6.83. The lowest BCUT2D eigenvalue weighted by atomic mass is 9.85. The summed E-state index contributed by atoms with van der Waals surface area (Å²) in [4.78, 5) is 24.9. The number of benzene rings is 2. The van der Waals surface area contributed by atoms with Gasteiger partial charge in [-0.1, -0.05) is 29.8 Å². The van der Waals surface area contributed by atoms with Crippen molar-refractivity contribution in [2.45, 2.75) is 16.4 Å². The number of ketones is 1. The van der Waals surface area contributed by atoms with Gasteiger partial charge in [0.1, 0.15) is 16.3 Å². The molecule has 2 unspecified atom stereocenters. The molecule has 0 saturated heterocycles. The van der Waals surface area contributed by atoms with Gasteiger partial charge < -0.3 is 15.7 Å². The number of amides is 2. The third kappa shape index (κ3) is 4.32. The summed E-state index contributed by atoms with van der Waals surface area (Å²) >= 11 is 6.49. The summed E-state index contributed by atoms with van der Waals surface area (Å²) in [7, 11) is -4.14. The third-order valence-electron chi connectivity index (χ3n) is 4.73. The highest BCUT2D eigenvalue weighted by molar-refractivity contribution is 7.92. The van der Waals surface area contributed by atoms with Crippen molar-refractivity contribution in [2.75, 3.05) is 10.6 Å². The standard InChI is InChI=1S/C20H15ClFN3O5S2/c21-15-7-8-16(31-15)32(29,30)25-20(28)23-10-5-6-11(13(22)9-10)17-18(26)12-3-1-2-4-14(12)24-19(17)27/h1-9,17,19,24,27H,(H2,23,25,28). The first-order valence-corrected chi connectivity index (χ1v) is 11.8. The van der Waals surface area contributed by atoms with Crippen LogP contribution in [-0.4, -0.2) is 31.6 Å². The van der Waals surface area contributed by atoms with E-state index in [9.17, 15) is 27.5 Å². The van der Waals surface area contributed by atoms with Crippen molar-refractivity contribution in [3.05, 3.63) is 75.9 Å². The van der Waals surface area contributed by atoms with Crippen LogP contribution in [-0.2, 0) is 10.0 Å². The molecule has 4 rings (SSSR count). The van der Waals surface area contributed by atoms with E-state index in [1.165, 1.54) is 24.3 Å². The Morgan fingerprint density at radius 3 is 2.59 bits per heavy atom. The van der Waals surface area contributed by atoms with E-state index in [2.05, 4.69) is 10.6 Å². The number of urea groups is 1. The smallest absolute Gasteiger partial charge is 0.333 e. The molecule has 2 heterocycles. The molecule has 0 bridgehead atoms. The van der Waals surface area contributed by atoms with Crippen LogP contribution >= 0.6 is 22.9 Å². The molecule has 2 amide bonds. The van der Waals surface area contributed by atoms with Crippen molar-refractivity contribution < 1.29 is 27.5 Å². The molecule has 0 aliphatic carbocycles. The van der Waals surface area contributed by atoms with Crippen molar-refractivity contribution in [1.82, 2.24) is 4.72 Å². The number of hydrogen-bond acceptors (Lipinski definition) is 7. The van der Waals surface area contributed by atoms with Gasteiger partial charge in [0.05, 0.1) is 10.3 Å². The minimum Gasteiger partial charge on any atom is -0.373 e. The molecule has 2 atom stereocenters. The van der Waals surface area contributed by atoms with Crippen molar-refractivity contribution in [3.8, 4) is 0 Å². The summed E-state index contributed by atoms with van der Waals surface area (Å²) in [6.07, 6.45) is -1.35. The quantitative estimate of drug-likeness (QED) is 0.437. The van der Waals surface area contributed by atoms with E-state index in [4.69, 9.17) is 11.6 Å². The maximum Gasteiger partial charge on any atom is 0.333 e. The van der Waals surface area contributed by atoms with Crippen molar-refractivity contribution in [1.29, 1.82) is 0 Å². The lowest BCUT2D eigenvalue weighted by Crippen LogP contribution is -2.38. The number of carbonyl (C=O) groups is 2. The Hall–Kier alpha value is -2.99. The van der Waals surface area contributed by atoms with E-state index in [1.807, 2.05) is 0 Å². The number of carbonyl (C=O) groups excluding carboxylic acids is 2. The summed E-state index contributed by atoms with van der Waals surface area (Å²) < 4.78 is 41.1. The van der Waals surface area contributed by atoms with E-state index in [-0.39, 0.29) is 19.8 Å². The first-order valence-electron chi connectivity index (χ1n) is 9.12. The van der Waals surface area contributed by atoms with Gasteiger partial charge in [-0.3, -0.25) is 4.79 Å². The highest BCUT2D eigenvalue weighted by atomic mass is 35.5. The van der Waals surface area contributed by atoms with Crippen molar-refractivity contribution in [2.24, 2.45) is 0 Å². The fourth-order valence-electron chi connectivity index (χ4n) is 3.32. The number of aliphatic hydroxyl groups is 1. The average Bonchev–Trinajstić information content (AvgIpc) is 3.16. The number of sulfonamides is 1. The maximum absolute atomic E-state index is 14.8. The first-order chi connectivity index (χ1) is 15.2. The minimum absolute atomic E-state index is 0.0470. The number of Topliss-reactive ketones (excluding diaryl/α,β-unsaturated/α-hetero) is 1. The number of hydrogen-bond donors (Lipinski definition) is 4. The Morgan fingerprint density at radius 1 is 1.16 bits per heavy atom. The predicted octanol–water partition coefficient (Wildman–Crippen LogP) is 3.76. The Labute approximate surface area is 191 Å². The van der Waals surface area contributed by atoms with Crippen molar-refractivity contribution >= 4 is 56.2 Å². The van der Waals surface area contributed by atoms with Crippen LogP contribution in [0.3, 0.4) is 0 Å². The van der Waals surface area contributed by atoms with E-state index in [0.29, 0.717) is 11.3 Å². The third-order valence-corrected chi connectivity index (χ3v) is 7.78. The van der Waals surface area contributed by atoms with Gasteiger partial charge in [-0.15, -0.1) is 11.3 Å². The van der Waals surface area contributed by atoms with Crippen LogP contribution in [0, 0.1) is 5.82 Å². The Balaban J connectivity index is 1.51. The molecule has 166 valence electrons. The summed E-state index contributed by atoms with van der Waals surface area (Å²) in [6.45, 7) is 0. The topological polar surface area (TPSA) is 125 Å². The highest BCUT2D eigenvalue weighted by Crippen LogP contribution is 2.35. The summed E-state index contributed by atoms with van der Waals surface area (Å²) in [5, 5.41) is 15.4. The van der Waals surface area contributed by atoms with E-state index >= 15 is 0 Å².